The number of hydrogen-bond acceptors (Lipinski definition) is 4. The lowest BCUT2D eigenvalue weighted by atomic mass is 10.0. The molecule has 148 valence electrons. The zero-order valence-corrected chi connectivity index (χ0v) is 15.1. The van der Waals surface area contributed by atoms with Crippen LogP contribution in [0, 0.1) is 11.6 Å². The van der Waals surface area contributed by atoms with E-state index in [1.165, 1.54) is 42.5 Å². The molecule has 0 bridgehead atoms. The van der Waals surface area contributed by atoms with Crippen LogP contribution in [0.4, 0.5) is 8.78 Å². The lowest BCUT2D eigenvalue weighted by Crippen LogP contribution is -2.29. The monoisotopic (exact) mass is 397 g/mol. The van der Waals surface area contributed by atoms with Crippen LogP contribution in [-0.4, -0.2) is 28.4 Å². The molecule has 0 unspecified atom stereocenters. The number of aliphatic hydroxyl groups is 1. The maximum atomic E-state index is 13.7. The first-order valence-electron chi connectivity index (χ1n) is 8.71. The van der Waals surface area contributed by atoms with Crippen LogP contribution >= 0.6 is 0 Å². The molecule has 0 spiro atoms. The van der Waals surface area contributed by atoms with Gasteiger partial charge in [-0.1, -0.05) is 30.3 Å². The number of benzene rings is 3. The number of rotatable bonds is 6. The molecule has 0 aliphatic rings. The Labute approximate surface area is 165 Å². The molecule has 0 heterocycles. The molecule has 29 heavy (non-hydrogen) atoms. The highest BCUT2D eigenvalue weighted by Gasteiger charge is 2.19. The summed E-state index contributed by atoms with van der Waals surface area (Å²) in [6, 6.07) is 14.9. The van der Waals surface area contributed by atoms with E-state index in [-0.39, 0.29) is 23.6 Å². The van der Waals surface area contributed by atoms with Gasteiger partial charge in [0.1, 0.15) is 23.5 Å². The summed E-state index contributed by atoms with van der Waals surface area (Å²) in [6.07, 6.45) is -1.55. The Bertz CT molecular complexity index is 1030. The molecule has 5 nitrogen and oxygen atoms in total. The zero-order chi connectivity index (χ0) is 21.0. The summed E-state index contributed by atoms with van der Waals surface area (Å²) in [6.45, 7) is -0.388. The Balaban J connectivity index is 1.65. The Morgan fingerprint density at radius 3 is 2.07 bits per heavy atom. The summed E-state index contributed by atoms with van der Waals surface area (Å²) in [5.74, 6) is -2.73. The van der Waals surface area contributed by atoms with Gasteiger partial charge < -0.3 is 15.5 Å². The van der Waals surface area contributed by atoms with Crippen molar-refractivity contribution in [3.8, 4) is 5.75 Å². The van der Waals surface area contributed by atoms with Gasteiger partial charge in [-0.3, -0.25) is 9.59 Å². The Kier molecular flexibility index (Phi) is 5.99. The standard InChI is InChI=1S/C22H17F2NO4/c23-17-5-2-6-18(24)20(17)19(27)12-25-22(29)14-9-7-13(8-10-14)21(28)15-3-1-4-16(26)11-15/h1-11,19,26-27H,12H2,(H,25,29)/t19-/m0/s1. The van der Waals surface area contributed by atoms with E-state index < -0.39 is 29.2 Å². The molecule has 0 saturated carbocycles. The lowest BCUT2D eigenvalue weighted by molar-refractivity contribution is 0.0910. The fourth-order valence-corrected chi connectivity index (χ4v) is 2.81. The molecule has 0 aromatic heterocycles. The summed E-state index contributed by atoms with van der Waals surface area (Å²) < 4.78 is 27.3. The summed E-state index contributed by atoms with van der Waals surface area (Å²) in [4.78, 5) is 24.6. The van der Waals surface area contributed by atoms with E-state index in [1.54, 1.807) is 12.1 Å². The summed E-state index contributed by atoms with van der Waals surface area (Å²) in [5.41, 5.74) is 0.316. The van der Waals surface area contributed by atoms with E-state index in [9.17, 15) is 28.6 Å². The van der Waals surface area contributed by atoms with Crippen molar-refractivity contribution in [1.29, 1.82) is 0 Å². The van der Waals surface area contributed by atoms with E-state index >= 15 is 0 Å². The van der Waals surface area contributed by atoms with E-state index in [4.69, 9.17) is 0 Å². The van der Waals surface area contributed by atoms with Crippen LogP contribution in [-0.2, 0) is 0 Å². The van der Waals surface area contributed by atoms with Crippen LogP contribution in [0.2, 0.25) is 0 Å². The number of ketones is 1. The highest BCUT2D eigenvalue weighted by Crippen LogP contribution is 2.20. The van der Waals surface area contributed by atoms with Gasteiger partial charge in [0.2, 0.25) is 0 Å². The van der Waals surface area contributed by atoms with E-state index in [0.717, 1.165) is 12.1 Å². The molecule has 7 heteroatoms. The third-order valence-electron chi connectivity index (χ3n) is 4.31. The first kappa shape index (κ1) is 20.2. The number of nitrogens with one attached hydrogen (secondary N) is 1. The van der Waals surface area contributed by atoms with Gasteiger partial charge >= 0.3 is 0 Å². The summed E-state index contributed by atoms with van der Waals surface area (Å²) in [5, 5.41) is 21.9. The average molecular weight is 397 g/mol. The average Bonchev–Trinajstić information content (AvgIpc) is 2.71. The Morgan fingerprint density at radius 2 is 1.45 bits per heavy atom. The molecule has 3 N–H and O–H groups in total. The number of aliphatic hydroxyl groups excluding tert-OH is 1. The van der Waals surface area contributed by atoms with Crippen molar-refractivity contribution >= 4 is 11.7 Å². The van der Waals surface area contributed by atoms with E-state index in [0.29, 0.717) is 11.1 Å². The predicted octanol–water partition coefficient (Wildman–Crippen LogP) is 3.36. The second-order valence-electron chi connectivity index (χ2n) is 6.32. The number of phenolic OH excluding ortho intramolecular Hbond substituents is 1. The first-order chi connectivity index (χ1) is 13.9. The number of carbonyl (C=O) groups is 2. The SMILES string of the molecule is O=C(NC[C@H](O)c1c(F)cccc1F)c1ccc(C(=O)c2cccc(O)c2)cc1. The van der Waals surface area contributed by atoms with Crippen molar-refractivity contribution in [2.24, 2.45) is 0 Å². The van der Waals surface area contributed by atoms with Gasteiger partial charge in [-0.05, 0) is 36.4 Å². The van der Waals surface area contributed by atoms with E-state index in [2.05, 4.69) is 5.32 Å². The van der Waals surface area contributed by atoms with Gasteiger partial charge in [-0.25, -0.2) is 8.78 Å². The molecular formula is C22H17F2NO4. The Hall–Kier alpha value is -3.58. The van der Waals surface area contributed by atoms with Crippen LogP contribution in [0.3, 0.4) is 0 Å². The number of phenols is 1. The first-order valence-corrected chi connectivity index (χ1v) is 8.71. The molecule has 1 amide bonds. The fraction of sp³-hybridized carbons (Fsp3) is 0.0909. The minimum absolute atomic E-state index is 0.0308. The normalized spacial score (nSPS) is 11.7. The Morgan fingerprint density at radius 1 is 0.862 bits per heavy atom. The van der Waals surface area contributed by atoms with Crippen molar-refractivity contribution < 1.29 is 28.6 Å². The van der Waals surface area contributed by atoms with Crippen molar-refractivity contribution in [2.45, 2.75) is 6.10 Å². The molecule has 0 saturated heterocycles. The molecular weight excluding hydrogens is 380 g/mol. The highest BCUT2D eigenvalue weighted by molar-refractivity contribution is 6.09. The second kappa shape index (κ2) is 8.62. The molecule has 3 aromatic rings. The van der Waals surface area contributed by atoms with Crippen molar-refractivity contribution in [1.82, 2.24) is 5.32 Å². The third kappa shape index (κ3) is 4.64. The second-order valence-corrected chi connectivity index (χ2v) is 6.32. The molecule has 3 aromatic carbocycles. The molecule has 0 radical (unpaired) electrons. The zero-order valence-electron chi connectivity index (χ0n) is 15.1. The largest absolute Gasteiger partial charge is 0.508 e. The highest BCUT2D eigenvalue weighted by atomic mass is 19.1. The van der Waals surface area contributed by atoms with Crippen LogP contribution in [0.5, 0.6) is 5.75 Å². The fourth-order valence-electron chi connectivity index (χ4n) is 2.81. The minimum atomic E-state index is -1.55. The van der Waals surface area contributed by atoms with Gasteiger partial charge in [0.25, 0.3) is 5.91 Å². The van der Waals surface area contributed by atoms with Crippen LogP contribution in [0.25, 0.3) is 0 Å². The number of aromatic hydroxyl groups is 1. The number of carbonyl (C=O) groups excluding carboxylic acids is 2. The van der Waals surface area contributed by atoms with E-state index in [1.807, 2.05) is 0 Å². The van der Waals surface area contributed by atoms with Gasteiger partial charge in [0.15, 0.2) is 5.78 Å². The molecule has 0 fully saturated rings. The summed E-state index contributed by atoms with van der Waals surface area (Å²) in [7, 11) is 0. The van der Waals surface area contributed by atoms with Gasteiger partial charge in [0.05, 0.1) is 5.56 Å². The smallest absolute Gasteiger partial charge is 0.251 e. The van der Waals surface area contributed by atoms with Crippen LogP contribution in [0.15, 0.2) is 66.7 Å². The molecule has 0 aliphatic carbocycles. The van der Waals surface area contributed by atoms with Crippen molar-refractivity contribution in [3.05, 3.63) is 101 Å². The predicted molar refractivity (Wildman–Crippen MR) is 102 cm³/mol. The molecule has 1 atom stereocenters. The minimum Gasteiger partial charge on any atom is -0.508 e. The topological polar surface area (TPSA) is 86.6 Å². The number of amides is 1. The lowest BCUT2D eigenvalue weighted by Gasteiger charge is -2.14. The quantitative estimate of drug-likeness (QED) is 0.557. The van der Waals surface area contributed by atoms with Crippen molar-refractivity contribution in [2.75, 3.05) is 6.54 Å². The van der Waals surface area contributed by atoms with Crippen molar-refractivity contribution in [3.63, 3.8) is 0 Å². The molecule has 0 aliphatic heterocycles. The summed E-state index contributed by atoms with van der Waals surface area (Å²) >= 11 is 0. The van der Waals surface area contributed by atoms with Gasteiger partial charge in [-0.15, -0.1) is 0 Å². The number of halogens is 2. The third-order valence-corrected chi connectivity index (χ3v) is 4.31. The maximum Gasteiger partial charge on any atom is 0.251 e. The maximum absolute atomic E-state index is 13.7. The molecule has 3 rings (SSSR count). The van der Waals surface area contributed by atoms with Crippen LogP contribution < -0.4 is 5.32 Å². The number of hydrogen-bond donors (Lipinski definition) is 3. The van der Waals surface area contributed by atoms with Gasteiger partial charge in [0, 0.05) is 23.2 Å². The van der Waals surface area contributed by atoms with Crippen LogP contribution in [0.1, 0.15) is 37.9 Å². The van der Waals surface area contributed by atoms with Gasteiger partial charge in [-0.2, -0.15) is 0 Å².